The second-order valence-electron chi connectivity index (χ2n) is 3.58. The molecule has 0 fully saturated rings. The second kappa shape index (κ2) is 4.47. The number of nitriles is 1. The topological polar surface area (TPSA) is 84.8 Å². The van der Waals surface area contributed by atoms with Gasteiger partial charge >= 0.3 is 0 Å². The molecule has 0 saturated heterocycles. The van der Waals surface area contributed by atoms with Gasteiger partial charge in [0.2, 0.25) is 0 Å². The standard InChI is InChI=1S/C11H7ClN4O2/c1-7-10(12)6-15(14-7)9-2-3-11(16(17)18)8(4-9)5-13/h2-4,6H,1H3. The maximum absolute atomic E-state index is 10.7. The van der Waals surface area contributed by atoms with E-state index in [1.54, 1.807) is 19.2 Å². The summed E-state index contributed by atoms with van der Waals surface area (Å²) in [6.45, 7) is 1.75. The molecule has 7 heteroatoms. The number of aromatic nitrogens is 2. The molecule has 1 aromatic heterocycles. The number of aryl methyl sites for hydroxylation is 1. The predicted octanol–water partition coefficient (Wildman–Crippen LogP) is 2.61. The summed E-state index contributed by atoms with van der Waals surface area (Å²) in [6.07, 6.45) is 1.58. The van der Waals surface area contributed by atoms with E-state index in [1.165, 1.54) is 22.9 Å². The Morgan fingerprint density at radius 2 is 2.28 bits per heavy atom. The number of benzene rings is 1. The van der Waals surface area contributed by atoms with Gasteiger partial charge in [0, 0.05) is 12.3 Å². The van der Waals surface area contributed by atoms with Crippen LogP contribution in [0.25, 0.3) is 5.69 Å². The van der Waals surface area contributed by atoms with Gasteiger partial charge in [0.25, 0.3) is 5.69 Å². The fourth-order valence-electron chi connectivity index (χ4n) is 1.49. The normalized spacial score (nSPS) is 10.1. The molecule has 90 valence electrons. The highest BCUT2D eigenvalue weighted by Crippen LogP contribution is 2.22. The van der Waals surface area contributed by atoms with Gasteiger partial charge < -0.3 is 0 Å². The van der Waals surface area contributed by atoms with Crippen LogP contribution in [0.2, 0.25) is 5.02 Å². The van der Waals surface area contributed by atoms with Crippen molar-refractivity contribution >= 4 is 17.3 Å². The SMILES string of the molecule is Cc1nn(-c2ccc([N+](=O)[O-])c(C#N)c2)cc1Cl. The maximum Gasteiger partial charge on any atom is 0.287 e. The minimum atomic E-state index is -0.594. The molecular formula is C11H7ClN4O2. The molecule has 1 aromatic carbocycles. The van der Waals surface area contributed by atoms with E-state index in [1.807, 2.05) is 0 Å². The zero-order valence-corrected chi connectivity index (χ0v) is 10.0. The molecular weight excluding hydrogens is 256 g/mol. The van der Waals surface area contributed by atoms with Gasteiger partial charge in [-0.05, 0) is 19.1 Å². The number of nitro benzene ring substituents is 1. The minimum absolute atomic E-state index is 0.0122. The molecule has 2 aromatic rings. The molecule has 1 heterocycles. The number of rotatable bonds is 2. The molecule has 0 aliphatic rings. The first kappa shape index (κ1) is 12.1. The number of nitro groups is 1. The summed E-state index contributed by atoms with van der Waals surface area (Å²) in [6, 6.07) is 5.99. The van der Waals surface area contributed by atoms with Crippen LogP contribution in [-0.2, 0) is 0 Å². The van der Waals surface area contributed by atoms with E-state index in [2.05, 4.69) is 5.10 Å². The summed E-state index contributed by atoms with van der Waals surface area (Å²) < 4.78 is 1.47. The van der Waals surface area contributed by atoms with Crippen molar-refractivity contribution < 1.29 is 4.92 Å². The number of halogens is 1. The van der Waals surface area contributed by atoms with E-state index in [0.717, 1.165) is 0 Å². The van der Waals surface area contributed by atoms with Crippen molar-refractivity contribution in [2.75, 3.05) is 0 Å². The van der Waals surface area contributed by atoms with E-state index in [9.17, 15) is 10.1 Å². The lowest BCUT2D eigenvalue weighted by Gasteiger charge is -2.01. The Hall–Kier alpha value is -2.39. The van der Waals surface area contributed by atoms with Crippen molar-refractivity contribution in [3.05, 3.63) is 50.8 Å². The lowest BCUT2D eigenvalue weighted by molar-refractivity contribution is -0.385. The maximum atomic E-state index is 10.7. The summed E-state index contributed by atoms with van der Waals surface area (Å²) in [5.41, 5.74) is 0.957. The van der Waals surface area contributed by atoms with E-state index < -0.39 is 4.92 Å². The van der Waals surface area contributed by atoms with Gasteiger partial charge in [0.05, 0.1) is 21.3 Å². The molecule has 0 aliphatic heterocycles. The van der Waals surface area contributed by atoms with Crippen molar-refractivity contribution in [3.8, 4) is 11.8 Å². The Bertz CT molecular complexity index is 653. The Labute approximate surface area is 107 Å². The van der Waals surface area contributed by atoms with Crippen LogP contribution in [0.5, 0.6) is 0 Å². The first-order valence-electron chi connectivity index (χ1n) is 4.93. The largest absolute Gasteiger partial charge is 0.287 e. The van der Waals surface area contributed by atoms with E-state index >= 15 is 0 Å². The molecule has 0 aliphatic carbocycles. The average molecular weight is 263 g/mol. The van der Waals surface area contributed by atoms with Crippen LogP contribution in [0.15, 0.2) is 24.4 Å². The van der Waals surface area contributed by atoms with E-state index in [4.69, 9.17) is 16.9 Å². The fourth-order valence-corrected chi connectivity index (χ4v) is 1.62. The molecule has 0 spiro atoms. The molecule has 0 saturated carbocycles. The Balaban J connectivity index is 2.55. The van der Waals surface area contributed by atoms with Gasteiger partial charge in [-0.3, -0.25) is 10.1 Å². The summed E-state index contributed by atoms with van der Waals surface area (Å²) in [5, 5.41) is 24.2. The summed E-state index contributed by atoms with van der Waals surface area (Å²) in [5.74, 6) is 0. The zero-order chi connectivity index (χ0) is 13.3. The monoisotopic (exact) mass is 262 g/mol. The van der Waals surface area contributed by atoms with Crippen LogP contribution < -0.4 is 0 Å². The van der Waals surface area contributed by atoms with Crippen molar-refractivity contribution in [2.45, 2.75) is 6.92 Å². The third-order valence-electron chi connectivity index (χ3n) is 2.40. The van der Waals surface area contributed by atoms with Gasteiger partial charge in [-0.1, -0.05) is 11.6 Å². The third kappa shape index (κ3) is 2.04. The summed E-state index contributed by atoms with van der Waals surface area (Å²) >= 11 is 5.88. The van der Waals surface area contributed by atoms with Gasteiger partial charge in [-0.25, -0.2) is 4.68 Å². The number of hydrogen-bond acceptors (Lipinski definition) is 4. The van der Waals surface area contributed by atoms with Crippen molar-refractivity contribution in [1.82, 2.24) is 9.78 Å². The van der Waals surface area contributed by atoms with Gasteiger partial charge in [0.15, 0.2) is 0 Å². The predicted molar refractivity (Wildman–Crippen MR) is 64.7 cm³/mol. The van der Waals surface area contributed by atoms with E-state index in [0.29, 0.717) is 16.4 Å². The molecule has 0 amide bonds. The fraction of sp³-hybridized carbons (Fsp3) is 0.0909. The smallest absolute Gasteiger partial charge is 0.258 e. The highest BCUT2D eigenvalue weighted by atomic mass is 35.5. The lowest BCUT2D eigenvalue weighted by atomic mass is 10.2. The van der Waals surface area contributed by atoms with Crippen LogP contribution in [0.4, 0.5) is 5.69 Å². The second-order valence-corrected chi connectivity index (χ2v) is 3.98. The van der Waals surface area contributed by atoms with Crippen molar-refractivity contribution in [3.63, 3.8) is 0 Å². The van der Waals surface area contributed by atoms with Crippen LogP contribution in [0.1, 0.15) is 11.3 Å². The minimum Gasteiger partial charge on any atom is -0.258 e. The molecule has 0 bridgehead atoms. The van der Waals surface area contributed by atoms with E-state index in [-0.39, 0.29) is 11.3 Å². The zero-order valence-electron chi connectivity index (χ0n) is 9.29. The molecule has 6 nitrogen and oxygen atoms in total. The van der Waals surface area contributed by atoms with Crippen molar-refractivity contribution in [2.24, 2.45) is 0 Å². The van der Waals surface area contributed by atoms with Crippen LogP contribution in [-0.4, -0.2) is 14.7 Å². The van der Waals surface area contributed by atoms with Crippen LogP contribution in [0.3, 0.4) is 0 Å². The third-order valence-corrected chi connectivity index (χ3v) is 2.77. The van der Waals surface area contributed by atoms with Crippen LogP contribution in [0, 0.1) is 28.4 Å². The van der Waals surface area contributed by atoms with Crippen molar-refractivity contribution in [1.29, 1.82) is 5.26 Å². The quantitative estimate of drug-likeness (QED) is 0.615. The van der Waals surface area contributed by atoms with Gasteiger partial charge in [-0.2, -0.15) is 10.4 Å². The first-order chi connectivity index (χ1) is 8.52. The number of hydrogen-bond donors (Lipinski definition) is 0. The molecule has 0 N–H and O–H groups in total. The molecule has 2 rings (SSSR count). The number of nitrogens with zero attached hydrogens (tertiary/aromatic N) is 4. The highest BCUT2D eigenvalue weighted by Gasteiger charge is 2.15. The highest BCUT2D eigenvalue weighted by molar-refractivity contribution is 6.31. The van der Waals surface area contributed by atoms with Gasteiger partial charge in [0.1, 0.15) is 11.6 Å². The van der Waals surface area contributed by atoms with Gasteiger partial charge in [-0.15, -0.1) is 0 Å². The average Bonchev–Trinajstić information content (AvgIpc) is 2.68. The Morgan fingerprint density at radius 1 is 1.56 bits per heavy atom. The lowest BCUT2D eigenvalue weighted by Crippen LogP contribution is -1.98. The Morgan fingerprint density at radius 3 is 2.78 bits per heavy atom. The molecule has 0 radical (unpaired) electrons. The molecule has 18 heavy (non-hydrogen) atoms. The first-order valence-corrected chi connectivity index (χ1v) is 5.31. The molecule has 0 unspecified atom stereocenters. The van der Waals surface area contributed by atoms with Crippen LogP contribution >= 0.6 is 11.6 Å². The summed E-state index contributed by atoms with van der Waals surface area (Å²) in [7, 11) is 0. The Kier molecular flexibility index (Phi) is 3.00. The molecule has 0 atom stereocenters. The summed E-state index contributed by atoms with van der Waals surface area (Å²) in [4.78, 5) is 10.1.